The lowest BCUT2D eigenvalue weighted by Crippen LogP contribution is -2.36. The number of alkyl carbamates (subject to hydrolysis) is 1. The summed E-state index contributed by atoms with van der Waals surface area (Å²) in [5.74, 6) is 0.227. The van der Waals surface area contributed by atoms with Gasteiger partial charge in [0, 0.05) is 6.54 Å². The molecule has 0 aromatic heterocycles. The normalized spacial score (nSPS) is 12.3. The van der Waals surface area contributed by atoms with Crippen molar-refractivity contribution in [1.29, 1.82) is 0 Å². The van der Waals surface area contributed by atoms with Crippen molar-refractivity contribution < 1.29 is 14.6 Å². The van der Waals surface area contributed by atoms with Crippen molar-refractivity contribution in [3.8, 4) is 0 Å². The Hall–Kier alpha value is -1.03. The van der Waals surface area contributed by atoms with Gasteiger partial charge in [-0.3, -0.25) is 0 Å². The van der Waals surface area contributed by atoms with Gasteiger partial charge < -0.3 is 15.2 Å². The third kappa shape index (κ3) is 6.12. The number of carbonyl (C=O) groups is 1. The molecule has 15 heavy (non-hydrogen) atoms. The van der Waals surface area contributed by atoms with Gasteiger partial charge in [0.15, 0.2) is 0 Å². The molecule has 88 valence electrons. The maximum Gasteiger partial charge on any atom is 0.407 e. The highest BCUT2D eigenvalue weighted by Gasteiger charge is 2.16. The maximum atomic E-state index is 11.0. The van der Waals surface area contributed by atoms with Crippen LogP contribution in [0.4, 0.5) is 4.79 Å². The Morgan fingerprint density at radius 2 is 2.13 bits per heavy atom. The van der Waals surface area contributed by atoms with Crippen LogP contribution in [0, 0.1) is 5.92 Å². The van der Waals surface area contributed by atoms with E-state index in [0.717, 1.165) is 12.8 Å². The molecule has 0 aromatic rings. The molecular weight excluding hydrogens is 194 g/mol. The first-order valence-electron chi connectivity index (χ1n) is 5.35. The average molecular weight is 215 g/mol. The Balaban J connectivity index is 3.73. The van der Waals surface area contributed by atoms with Gasteiger partial charge in [-0.1, -0.05) is 39.3 Å². The fourth-order valence-electron chi connectivity index (χ4n) is 1.37. The zero-order valence-electron chi connectivity index (χ0n) is 9.53. The molecule has 0 saturated heterocycles. The maximum absolute atomic E-state index is 11.0. The van der Waals surface area contributed by atoms with E-state index in [1.54, 1.807) is 0 Å². The predicted molar refractivity (Wildman–Crippen MR) is 59.6 cm³/mol. The molecule has 0 aliphatic carbocycles. The number of carbonyl (C=O) groups excluding carboxylic acids is 1. The third-order valence-corrected chi connectivity index (χ3v) is 2.38. The van der Waals surface area contributed by atoms with E-state index < -0.39 is 12.2 Å². The first kappa shape index (κ1) is 14.0. The number of ether oxygens (including phenoxy) is 1. The van der Waals surface area contributed by atoms with Gasteiger partial charge >= 0.3 is 6.09 Å². The molecule has 1 atom stereocenters. The molecule has 1 amide bonds. The Bertz CT molecular complexity index is 190. The summed E-state index contributed by atoms with van der Waals surface area (Å²) >= 11 is 0. The second kappa shape index (κ2) is 8.29. The van der Waals surface area contributed by atoms with Crippen molar-refractivity contribution in [1.82, 2.24) is 5.32 Å². The van der Waals surface area contributed by atoms with E-state index in [9.17, 15) is 9.90 Å². The van der Waals surface area contributed by atoms with Crippen molar-refractivity contribution in [2.45, 2.75) is 32.8 Å². The highest BCUT2D eigenvalue weighted by Crippen LogP contribution is 2.12. The van der Waals surface area contributed by atoms with E-state index in [1.807, 2.05) is 13.8 Å². The zero-order chi connectivity index (χ0) is 11.7. The minimum absolute atomic E-state index is 0.187. The van der Waals surface area contributed by atoms with Gasteiger partial charge in [-0.15, -0.1) is 0 Å². The Kier molecular flexibility index (Phi) is 7.72. The lowest BCUT2D eigenvalue weighted by molar-refractivity contribution is 0.0952. The van der Waals surface area contributed by atoms with Crippen molar-refractivity contribution >= 4 is 6.09 Å². The van der Waals surface area contributed by atoms with Crippen LogP contribution in [0.1, 0.15) is 26.7 Å². The van der Waals surface area contributed by atoms with Gasteiger partial charge in [-0.05, 0) is 5.92 Å². The van der Waals surface area contributed by atoms with E-state index in [4.69, 9.17) is 4.74 Å². The van der Waals surface area contributed by atoms with Crippen molar-refractivity contribution in [2.75, 3.05) is 13.2 Å². The second-order valence-electron chi connectivity index (χ2n) is 3.41. The summed E-state index contributed by atoms with van der Waals surface area (Å²) in [6.45, 7) is 7.90. The van der Waals surface area contributed by atoms with Gasteiger partial charge in [0.25, 0.3) is 0 Å². The third-order valence-electron chi connectivity index (χ3n) is 2.38. The molecule has 4 nitrogen and oxygen atoms in total. The van der Waals surface area contributed by atoms with Gasteiger partial charge in [0.05, 0.1) is 6.10 Å². The molecule has 0 spiro atoms. The molecule has 0 rings (SSSR count). The van der Waals surface area contributed by atoms with Crippen LogP contribution < -0.4 is 5.32 Å². The van der Waals surface area contributed by atoms with Crippen LogP contribution in [0.15, 0.2) is 12.7 Å². The molecule has 4 heteroatoms. The lowest BCUT2D eigenvalue weighted by Gasteiger charge is -2.19. The van der Waals surface area contributed by atoms with E-state index >= 15 is 0 Å². The van der Waals surface area contributed by atoms with E-state index in [-0.39, 0.29) is 19.1 Å². The molecule has 0 fully saturated rings. The standard InChI is InChI=1S/C11H21NO3/c1-4-7-15-11(14)12-8-10(13)9(5-2)6-3/h4,9-10,13H,1,5-8H2,2-3H3,(H,12,14). The first-order valence-corrected chi connectivity index (χ1v) is 5.35. The van der Waals surface area contributed by atoms with Crippen LogP contribution in [-0.4, -0.2) is 30.5 Å². The van der Waals surface area contributed by atoms with Crippen LogP contribution in [0.3, 0.4) is 0 Å². The summed E-state index contributed by atoms with van der Waals surface area (Å²) in [5.41, 5.74) is 0. The summed E-state index contributed by atoms with van der Waals surface area (Å²) in [6, 6.07) is 0. The number of aliphatic hydroxyl groups is 1. The van der Waals surface area contributed by atoms with Gasteiger partial charge in [0.1, 0.15) is 6.61 Å². The molecule has 0 aliphatic rings. The molecular formula is C11H21NO3. The molecule has 0 aliphatic heterocycles. The number of hydrogen-bond donors (Lipinski definition) is 2. The zero-order valence-corrected chi connectivity index (χ0v) is 9.53. The molecule has 0 aromatic carbocycles. The minimum atomic E-state index is -0.514. The Morgan fingerprint density at radius 3 is 2.60 bits per heavy atom. The van der Waals surface area contributed by atoms with Gasteiger partial charge in [0.2, 0.25) is 0 Å². The summed E-state index contributed by atoms with van der Waals surface area (Å²) < 4.78 is 4.71. The van der Waals surface area contributed by atoms with E-state index in [2.05, 4.69) is 11.9 Å². The number of amides is 1. The van der Waals surface area contributed by atoms with Crippen molar-refractivity contribution in [3.63, 3.8) is 0 Å². The van der Waals surface area contributed by atoms with Crippen LogP contribution >= 0.6 is 0 Å². The molecule has 2 N–H and O–H groups in total. The van der Waals surface area contributed by atoms with Crippen molar-refractivity contribution in [3.05, 3.63) is 12.7 Å². The van der Waals surface area contributed by atoms with Crippen molar-refractivity contribution in [2.24, 2.45) is 5.92 Å². The smallest absolute Gasteiger partial charge is 0.407 e. The largest absolute Gasteiger partial charge is 0.445 e. The predicted octanol–water partition coefficient (Wildman–Crippen LogP) is 1.70. The number of hydrogen-bond acceptors (Lipinski definition) is 3. The van der Waals surface area contributed by atoms with Gasteiger partial charge in [-0.2, -0.15) is 0 Å². The van der Waals surface area contributed by atoms with E-state index in [1.165, 1.54) is 6.08 Å². The molecule has 1 unspecified atom stereocenters. The van der Waals surface area contributed by atoms with Crippen LogP contribution in [0.5, 0.6) is 0 Å². The second-order valence-corrected chi connectivity index (χ2v) is 3.41. The van der Waals surface area contributed by atoms with Crippen LogP contribution in [0.25, 0.3) is 0 Å². The number of rotatable bonds is 7. The highest BCUT2D eigenvalue weighted by atomic mass is 16.5. The molecule has 0 bridgehead atoms. The highest BCUT2D eigenvalue weighted by molar-refractivity contribution is 5.67. The summed E-state index contributed by atoms with van der Waals surface area (Å²) in [7, 11) is 0. The quantitative estimate of drug-likeness (QED) is 0.635. The SMILES string of the molecule is C=CCOC(=O)NCC(O)C(CC)CC. The Labute approximate surface area is 91.3 Å². The monoisotopic (exact) mass is 215 g/mol. The van der Waals surface area contributed by atoms with E-state index in [0.29, 0.717) is 0 Å². The lowest BCUT2D eigenvalue weighted by atomic mass is 9.97. The first-order chi connectivity index (χ1) is 7.15. The molecule has 0 saturated carbocycles. The van der Waals surface area contributed by atoms with Crippen LogP contribution in [0.2, 0.25) is 0 Å². The topological polar surface area (TPSA) is 58.6 Å². The van der Waals surface area contributed by atoms with Gasteiger partial charge in [-0.25, -0.2) is 4.79 Å². The summed E-state index contributed by atoms with van der Waals surface area (Å²) in [4.78, 5) is 11.0. The Morgan fingerprint density at radius 1 is 1.53 bits per heavy atom. The fourth-order valence-corrected chi connectivity index (χ4v) is 1.37. The molecule has 0 radical (unpaired) electrons. The number of aliphatic hydroxyl groups excluding tert-OH is 1. The summed E-state index contributed by atoms with van der Waals surface area (Å²) in [5, 5.41) is 12.2. The minimum Gasteiger partial charge on any atom is -0.445 e. The average Bonchev–Trinajstić information content (AvgIpc) is 2.25. The fraction of sp³-hybridized carbons (Fsp3) is 0.727. The number of nitrogens with one attached hydrogen (secondary N) is 1. The molecule has 0 heterocycles. The summed E-state index contributed by atoms with van der Waals surface area (Å²) in [6.07, 6.45) is 2.29. The van der Waals surface area contributed by atoms with Crippen LogP contribution in [-0.2, 0) is 4.74 Å².